The van der Waals surface area contributed by atoms with Gasteiger partial charge in [-0.25, -0.2) is 4.98 Å². The van der Waals surface area contributed by atoms with Gasteiger partial charge < -0.3 is 11.1 Å². The molecule has 4 heteroatoms. The molecule has 0 spiro atoms. The number of rotatable bonds is 3. The normalized spacial score (nSPS) is 37.9. The molecule has 0 unspecified atom stereocenters. The van der Waals surface area contributed by atoms with Gasteiger partial charge in [0.1, 0.15) is 10.8 Å². The van der Waals surface area contributed by atoms with Gasteiger partial charge in [-0.3, -0.25) is 0 Å². The molecule has 4 aliphatic carbocycles. The molecule has 3 N–H and O–H groups in total. The molecule has 4 aliphatic rings. The minimum absolute atomic E-state index is 0.253. The van der Waals surface area contributed by atoms with Crippen molar-refractivity contribution in [2.24, 2.45) is 23.5 Å². The van der Waals surface area contributed by atoms with Crippen LogP contribution in [0.3, 0.4) is 0 Å². The lowest BCUT2D eigenvalue weighted by Crippen LogP contribution is -2.55. The van der Waals surface area contributed by atoms with Crippen LogP contribution in [-0.2, 0) is 0 Å². The molecule has 4 bridgehead atoms. The van der Waals surface area contributed by atoms with Crippen molar-refractivity contribution in [3.05, 3.63) is 23.9 Å². The summed E-state index contributed by atoms with van der Waals surface area (Å²) in [6, 6.07) is 3.87. The number of nitrogens with one attached hydrogen (secondary N) is 1. The second-order valence-electron chi connectivity index (χ2n) is 7.09. The Hall–Kier alpha value is -1.16. The number of hydrogen-bond donors (Lipinski definition) is 2. The summed E-state index contributed by atoms with van der Waals surface area (Å²) >= 11 is 5.16. The lowest BCUT2D eigenvalue weighted by Gasteiger charge is -2.57. The molecule has 20 heavy (non-hydrogen) atoms. The first-order valence-electron chi connectivity index (χ1n) is 7.66. The van der Waals surface area contributed by atoms with Crippen LogP contribution in [0.5, 0.6) is 0 Å². The van der Waals surface area contributed by atoms with E-state index in [2.05, 4.69) is 10.3 Å². The van der Waals surface area contributed by atoms with E-state index in [9.17, 15) is 0 Å². The van der Waals surface area contributed by atoms with Crippen LogP contribution in [0, 0.1) is 17.8 Å². The smallest absolute Gasteiger partial charge is 0.136 e. The summed E-state index contributed by atoms with van der Waals surface area (Å²) in [6.45, 7) is 0. The second-order valence-corrected chi connectivity index (χ2v) is 7.53. The van der Waals surface area contributed by atoms with Gasteiger partial charge >= 0.3 is 0 Å². The number of nitrogens with two attached hydrogens (primary N) is 1. The Bertz CT molecular complexity index is 519. The molecule has 3 nitrogen and oxygen atoms in total. The summed E-state index contributed by atoms with van der Waals surface area (Å²) in [5, 5.41) is 3.76. The standard InChI is InChI=1S/C16H21N3S/c17-14(20)13-2-1-3-18-15(13)19-16-7-10-4-11(8-16)6-12(5-10)9-16/h1-3,10-12H,4-9H2,(H2,17,20)(H,18,19). The molecular formula is C16H21N3S. The van der Waals surface area contributed by atoms with Crippen LogP contribution in [-0.4, -0.2) is 15.5 Å². The van der Waals surface area contributed by atoms with E-state index in [-0.39, 0.29) is 5.54 Å². The average Bonchev–Trinajstić information content (AvgIpc) is 2.36. The highest BCUT2D eigenvalue weighted by molar-refractivity contribution is 7.80. The van der Waals surface area contributed by atoms with Crippen LogP contribution in [0.2, 0.25) is 0 Å². The van der Waals surface area contributed by atoms with Crippen molar-refractivity contribution in [3.8, 4) is 0 Å². The molecule has 0 amide bonds. The SMILES string of the molecule is NC(=S)c1cccnc1NC12CC3CC(CC(C3)C1)C2. The number of anilines is 1. The zero-order valence-electron chi connectivity index (χ0n) is 11.6. The van der Waals surface area contributed by atoms with Crippen LogP contribution in [0.4, 0.5) is 5.82 Å². The first-order valence-corrected chi connectivity index (χ1v) is 8.07. The van der Waals surface area contributed by atoms with Crippen LogP contribution in [0.1, 0.15) is 44.1 Å². The monoisotopic (exact) mass is 287 g/mol. The van der Waals surface area contributed by atoms with E-state index in [0.29, 0.717) is 4.99 Å². The third-order valence-electron chi connectivity index (χ3n) is 5.49. The Morgan fingerprint density at radius 1 is 1.20 bits per heavy atom. The van der Waals surface area contributed by atoms with Gasteiger partial charge in [0.05, 0.1) is 5.56 Å². The molecule has 0 atom stereocenters. The van der Waals surface area contributed by atoms with Crippen LogP contribution < -0.4 is 11.1 Å². The van der Waals surface area contributed by atoms with Crippen molar-refractivity contribution in [1.29, 1.82) is 0 Å². The van der Waals surface area contributed by atoms with Gasteiger partial charge in [0, 0.05) is 11.7 Å². The van der Waals surface area contributed by atoms with Gasteiger partial charge in [0.25, 0.3) is 0 Å². The molecule has 4 saturated carbocycles. The highest BCUT2D eigenvalue weighted by atomic mass is 32.1. The van der Waals surface area contributed by atoms with Crippen molar-refractivity contribution < 1.29 is 0 Å². The van der Waals surface area contributed by atoms with Gasteiger partial charge in [-0.1, -0.05) is 12.2 Å². The third kappa shape index (κ3) is 2.01. The number of nitrogens with zero attached hydrogens (tertiary/aromatic N) is 1. The van der Waals surface area contributed by atoms with Gasteiger partial charge in [-0.2, -0.15) is 0 Å². The summed E-state index contributed by atoms with van der Waals surface area (Å²) in [4.78, 5) is 4.93. The predicted octanol–water partition coefficient (Wildman–Crippen LogP) is 3.10. The fourth-order valence-corrected chi connectivity index (χ4v) is 5.38. The second kappa shape index (κ2) is 4.42. The predicted molar refractivity (Wildman–Crippen MR) is 84.7 cm³/mol. The van der Waals surface area contributed by atoms with Crippen LogP contribution >= 0.6 is 12.2 Å². The Balaban J connectivity index is 1.64. The fourth-order valence-electron chi connectivity index (χ4n) is 5.22. The van der Waals surface area contributed by atoms with Crippen molar-refractivity contribution in [2.75, 3.05) is 5.32 Å². The quantitative estimate of drug-likeness (QED) is 0.839. The maximum absolute atomic E-state index is 5.83. The molecule has 0 aliphatic heterocycles. The van der Waals surface area contributed by atoms with Crippen LogP contribution in [0.15, 0.2) is 18.3 Å². The lowest BCUT2D eigenvalue weighted by molar-refractivity contribution is 0.0105. The Kier molecular flexibility index (Phi) is 2.78. The Morgan fingerprint density at radius 2 is 1.80 bits per heavy atom. The minimum Gasteiger partial charge on any atom is -0.389 e. The number of pyridine rings is 1. The summed E-state index contributed by atoms with van der Waals surface area (Å²) in [5.74, 6) is 3.66. The molecule has 4 fully saturated rings. The number of hydrogen-bond acceptors (Lipinski definition) is 3. The summed E-state index contributed by atoms with van der Waals surface area (Å²) in [5.41, 5.74) is 6.97. The van der Waals surface area contributed by atoms with Crippen molar-refractivity contribution in [1.82, 2.24) is 4.98 Å². The largest absolute Gasteiger partial charge is 0.389 e. The molecule has 0 aromatic carbocycles. The van der Waals surface area contributed by atoms with Crippen molar-refractivity contribution >= 4 is 23.0 Å². The zero-order valence-corrected chi connectivity index (χ0v) is 12.5. The van der Waals surface area contributed by atoms with Crippen molar-refractivity contribution in [3.63, 3.8) is 0 Å². The van der Waals surface area contributed by atoms with Gasteiger partial charge in [0.2, 0.25) is 0 Å². The fraction of sp³-hybridized carbons (Fsp3) is 0.625. The molecule has 106 valence electrons. The maximum Gasteiger partial charge on any atom is 0.136 e. The maximum atomic E-state index is 5.83. The summed E-state index contributed by atoms with van der Waals surface area (Å²) in [7, 11) is 0. The number of thiocarbonyl (C=S) groups is 1. The third-order valence-corrected chi connectivity index (χ3v) is 5.71. The van der Waals surface area contributed by atoms with E-state index in [1.807, 2.05) is 18.3 Å². The highest BCUT2D eigenvalue weighted by Crippen LogP contribution is 2.56. The van der Waals surface area contributed by atoms with Crippen LogP contribution in [0.25, 0.3) is 0 Å². The van der Waals surface area contributed by atoms with E-state index in [1.54, 1.807) is 0 Å². The first-order chi connectivity index (χ1) is 9.63. The van der Waals surface area contributed by atoms with E-state index < -0.39 is 0 Å². The average molecular weight is 287 g/mol. The lowest BCUT2D eigenvalue weighted by atomic mass is 9.53. The van der Waals surface area contributed by atoms with E-state index >= 15 is 0 Å². The summed E-state index contributed by atoms with van der Waals surface area (Å²) < 4.78 is 0. The zero-order chi connectivity index (χ0) is 13.7. The van der Waals surface area contributed by atoms with Gasteiger partial charge in [0.15, 0.2) is 0 Å². The molecule has 0 saturated heterocycles. The molecule has 0 radical (unpaired) electrons. The van der Waals surface area contributed by atoms with Gasteiger partial charge in [-0.15, -0.1) is 0 Å². The Morgan fingerprint density at radius 3 is 2.35 bits per heavy atom. The molecule has 1 aromatic heterocycles. The van der Waals surface area contributed by atoms with Gasteiger partial charge in [-0.05, 0) is 68.4 Å². The minimum atomic E-state index is 0.253. The molecule has 5 rings (SSSR count). The van der Waals surface area contributed by atoms with Crippen molar-refractivity contribution in [2.45, 2.75) is 44.1 Å². The van der Waals surface area contributed by atoms with E-state index in [1.165, 1.54) is 38.5 Å². The molecular weight excluding hydrogens is 266 g/mol. The molecule has 1 heterocycles. The first kappa shape index (κ1) is 12.6. The topological polar surface area (TPSA) is 50.9 Å². The van der Waals surface area contributed by atoms with E-state index in [4.69, 9.17) is 18.0 Å². The molecule has 1 aromatic rings. The Labute approximate surface area is 125 Å². The van der Waals surface area contributed by atoms with E-state index in [0.717, 1.165) is 29.1 Å². The number of aromatic nitrogens is 1. The summed E-state index contributed by atoms with van der Waals surface area (Å²) in [6.07, 6.45) is 10.1. The highest BCUT2D eigenvalue weighted by Gasteiger charge is 2.51.